The summed E-state index contributed by atoms with van der Waals surface area (Å²) in [7, 11) is -4.57. The van der Waals surface area contributed by atoms with Gasteiger partial charge in [-0.2, -0.15) is 0 Å². The van der Waals surface area contributed by atoms with Gasteiger partial charge in [0.15, 0.2) is 0 Å². The van der Waals surface area contributed by atoms with Crippen LogP contribution in [0.25, 0.3) is 6.08 Å². The van der Waals surface area contributed by atoms with E-state index >= 15 is 0 Å². The number of aryl methyl sites for hydroxylation is 1. The van der Waals surface area contributed by atoms with Crippen LogP contribution in [0.4, 0.5) is 0 Å². The Morgan fingerprint density at radius 3 is 2.40 bits per heavy atom. The molecule has 0 aliphatic carbocycles. The molecule has 0 fully saturated rings. The molecule has 142 valence electrons. The molecule has 0 bridgehead atoms. The van der Waals surface area contributed by atoms with Crippen molar-refractivity contribution in [1.82, 2.24) is 0 Å². The van der Waals surface area contributed by atoms with Crippen LogP contribution in [-0.2, 0) is 15.5 Å². The summed E-state index contributed by atoms with van der Waals surface area (Å²) >= 11 is 0. The van der Waals surface area contributed by atoms with E-state index in [9.17, 15) is 9.67 Å². The van der Waals surface area contributed by atoms with Gasteiger partial charge in [0.2, 0.25) is 0 Å². The SMILES string of the molecule is CCCCCCCc1ccc(/C=C/[C@@H](O)[C@@H](N)COP(=O)(O)O)cc1. The van der Waals surface area contributed by atoms with Crippen molar-refractivity contribution in [3.63, 3.8) is 0 Å². The number of phosphoric acid groups is 1. The number of hydrogen-bond acceptors (Lipinski definition) is 4. The molecule has 0 unspecified atom stereocenters. The first-order valence-electron chi connectivity index (χ1n) is 8.72. The van der Waals surface area contributed by atoms with E-state index in [4.69, 9.17) is 15.5 Å². The van der Waals surface area contributed by atoms with Crippen molar-refractivity contribution in [3.8, 4) is 0 Å². The minimum absolute atomic E-state index is 0.424. The molecule has 7 heteroatoms. The number of benzene rings is 1. The van der Waals surface area contributed by atoms with E-state index < -0.39 is 26.6 Å². The van der Waals surface area contributed by atoms with Gasteiger partial charge in [-0.25, -0.2) is 4.57 Å². The summed E-state index contributed by atoms with van der Waals surface area (Å²) in [5.74, 6) is 0. The first kappa shape index (κ1) is 22.0. The average molecular weight is 371 g/mol. The maximum absolute atomic E-state index is 10.6. The first-order valence-corrected chi connectivity index (χ1v) is 10.3. The highest BCUT2D eigenvalue weighted by molar-refractivity contribution is 7.46. The Hall–Kier alpha value is -1.01. The van der Waals surface area contributed by atoms with Gasteiger partial charge < -0.3 is 20.6 Å². The molecule has 0 spiro atoms. The molecule has 0 aliphatic rings. The number of phosphoric ester groups is 1. The molecule has 0 radical (unpaired) electrons. The van der Waals surface area contributed by atoms with E-state index in [1.807, 2.05) is 12.1 Å². The highest BCUT2D eigenvalue weighted by Gasteiger charge is 2.19. The predicted molar refractivity (Wildman–Crippen MR) is 99.9 cm³/mol. The normalized spacial score (nSPS) is 14.8. The summed E-state index contributed by atoms with van der Waals surface area (Å²) in [5.41, 5.74) is 7.85. The van der Waals surface area contributed by atoms with Gasteiger partial charge in [-0.3, -0.25) is 4.52 Å². The van der Waals surface area contributed by atoms with E-state index in [0.29, 0.717) is 0 Å². The Morgan fingerprint density at radius 2 is 1.80 bits per heavy atom. The van der Waals surface area contributed by atoms with Crippen molar-refractivity contribution in [1.29, 1.82) is 0 Å². The number of hydrogen-bond donors (Lipinski definition) is 4. The first-order chi connectivity index (χ1) is 11.8. The molecule has 25 heavy (non-hydrogen) atoms. The van der Waals surface area contributed by atoms with Gasteiger partial charge in [-0.05, 0) is 24.0 Å². The van der Waals surface area contributed by atoms with Crippen LogP contribution in [0.3, 0.4) is 0 Å². The van der Waals surface area contributed by atoms with Crippen LogP contribution in [0, 0.1) is 0 Å². The van der Waals surface area contributed by atoms with Crippen molar-refractivity contribution < 1.29 is 24.0 Å². The molecule has 0 amide bonds. The third-order valence-electron chi connectivity index (χ3n) is 3.91. The van der Waals surface area contributed by atoms with Gasteiger partial charge >= 0.3 is 7.82 Å². The number of aliphatic hydroxyl groups is 1. The summed E-state index contributed by atoms with van der Waals surface area (Å²) in [6.45, 7) is 1.79. The highest BCUT2D eigenvalue weighted by Crippen LogP contribution is 2.35. The minimum atomic E-state index is -4.57. The van der Waals surface area contributed by atoms with Crippen molar-refractivity contribution >= 4 is 13.9 Å². The van der Waals surface area contributed by atoms with E-state index in [1.165, 1.54) is 43.7 Å². The van der Waals surface area contributed by atoms with Crippen LogP contribution in [0.1, 0.15) is 50.2 Å². The zero-order valence-corrected chi connectivity index (χ0v) is 15.6. The van der Waals surface area contributed by atoms with Crippen LogP contribution in [0.2, 0.25) is 0 Å². The standard InChI is InChI=1S/C18H30NO5P/c1-2-3-4-5-6-7-15-8-10-16(11-9-15)12-13-18(20)17(19)14-24-25(21,22)23/h8-13,17-18,20H,2-7,14,19H2,1H3,(H2,21,22,23)/b13-12+/t17-,18+/m0/s1. The van der Waals surface area contributed by atoms with Gasteiger partial charge in [-0.1, -0.05) is 69.0 Å². The largest absolute Gasteiger partial charge is 0.469 e. The van der Waals surface area contributed by atoms with Crippen molar-refractivity contribution in [2.75, 3.05) is 6.61 Å². The van der Waals surface area contributed by atoms with Crippen LogP contribution < -0.4 is 5.73 Å². The third kappa shape index (κ3) is 10.5. The Bertz CT molecular complexity index is 555. The maximum Gasteiger partial charge on any atom is 0.469 e. The zero-order chi connectivity index (χ0) is 18.7. The second-order valence-corrected chi connectivity index (χ2v) is 7.45. The number of rotatable bonds is 12. The van der Waals surface area contributed by atoms with E-state index in [0.717, 1.165) is 12.0 Å². The summed E-state index contributed by atoms with van der Waals surface area (Å²) < 4.78 is 14.9. The Kier molecular flexibility index (Phi) is 10.2. The van der Waals surface area contributed by atoms with Crippen molar-refractivity contribution in [2.45, 2.75) is 57.6 Å². The van der Waals surface area contributed by atoms with Crippen molar-refractivity contribution in [3.05, 3.63) is 41.5 Å². The van der Waals surface area contributed by atoms with Gasteiger partial charge in [0.25, 0.3) is 0 Å². The fourth-order valence-electron chi connectivity index (χ4n) is 2.36. The number of unbranched alkanes of at least 4 members (excludes halogenated alkanes) is 4. The fraction of sp³-hybridized carbons (Fsp3) is 0.556. The lowest BCUT2D eigenvalue weighted by atomic mass is 10.0. The quantitative estimate of drug-likeness (QED) is 0.332. The third-order valence-corrected chi connectivity index (χ3v) is 4.39. The monoisotopic (exact) mass is 371 g/mol. The summed E-state index contributed by atoms with van der Waals surface area (Å²) in [6, 6.07) is 7.18. The number of aliphatic hydroxyl groups excluding tert-OH is 1. The zero-order valence-electron chi connectivity index (χ0n) is 14.8. The summed E-state index contributed by atoms with van der Waals surface area (Å²) in [5, 5.41) is 9.87. The highest BCUT2D eigenvalue weighted by atomic mass is 31.2. The lowest BCUT2D eigenvalue weighted by molar-refractivity contribution is 0.129. The molecule has 1 aromatic rings. The van der Waals surface area contributed by atoms with Crippen LogP contribution in [0.15, 0.2) is 30.3 Å². The average Bonchev–Trinajstić information content (AvgIpc) is 2.57. The van der Waals surface area contributed by atoms with Crippen LogP contribution in [-0.4, -0.2) is 33.6 Å². The maximum atomic E-state index is 10.6. The summed E-state index contributed by atoms with van der Waals surface area (Å²) in [4.78, 5) is 17.2. The topological polar surface area (TPSA) is 113 Å². The second kappa shape index (κ2) is 11.6. The van der Waals surface area contributed by atoms with Gasteiger partial charge in [0.05, 0.1) is 18.8 Å². The summed E-state index contributed by atoms with van der Waals surface area (Å²) in [6.07, 6.45) is 9.54. The molecule has 1 rings (SSSR count). The van der Waals surface area contributed by atoms with Crippen LogP contribution >= 0.6 is 7.82 Å². The molecule has 1 aromatic carbocycles. The van der Waals surface area contributed by atoms with E-state index in [-0.39, 0.29) is 0 Å². The minimum Gasteiger partial charge on any atom is -0.387 e. The van der Waals surface area contributed by atoms with Gasteiger partial charge in [0, 0.05) is 0 Å². The predicted octanol–water partition coefficient (Wildman–Crippen LogP) is 3.01. The fourth-order valence-corrected chi connectivity index (χ4v) is 2.73. The number of nitrogens with two attached hydrogens (primary N) is 1. The van der Waals surface area contributed by atoms with Gasteiger partial charge in [-0.15, -0.1) is 0 Å². The van der Waals surface area contributed by atoms with E-state index in [1.54, 1.807) is 6.08 Å². The molecule has 6 nitrogen and oxygen atoms in total. The Labute approximate surface area is 150 Å². The van der Waals surface area contributed by atoms with Crippen molar-refractivity contribution in [2.24, 2.45) is 5.73 Å². The lowest BCUT2D eigenvalue weighted by Gasteiger charge is -2.15. The molecule has 0 aliphatic heterocycles. The molecular formula is C18H30NO5P. The molecule has 2 atom stereocenters. The molecular weight excluding hydrogens is 341 g/mol. The Morgan fingerprint density at radius 1 is 1.16 bits per heavy atom. The Balaban J connectivity index is 2.40. The molecule has 0 aromatic heterocycles. The molecule has 0 saturated heterocycles. The molecule has 0 heterocycles. The smallest absolute Gasteiger partial charge is 0.387 e. The molecule has 0 saturated carbocycles. The van der Waals surface area contributed by atoms with Gasteiger partial charge in [0.1, 0.15) is 0 Å². The molecule has 5 N–H and O–H groups in total. The van der Waals surface area contributed by atoms with E-state index in [2.05, 4.69) is 23.6 Å². The second-order valence-electron chi connectivity index (χ2n) is 6.21. The van der Waals surface area contributed by atoms with Crippen LogP contribution in [0.5, 0.6) is 0 Å². The lowest BCUT2D eigenvalue weighted by Crippen LogP contribution is -2.37.